The SMILES string of the molecule is N[C@H]1CCCCN([C@@H](Cc2ccccc2)C(=O)O)C1=O. The highest BCUT2D eigenvalue weighted by Crippen LogP contribution is 2.17. The van der Waals surface area contributed by atoms with Crippen molar-refractivity contribution in [1.82, 2.24) is 4.90 Å². The largest absolute Gasteiger partial charge is 0.480 e. The number of nitrogens with zero attached hydrogens (tertiary/aromatic N) is 1. The van der Waals surface area contributed by atoms with Gasteiger partial charge in [-0.2, -0.15) is 0 Å². The number of carboxylic acids is 1. The molecule has 5 heteroatoms. The summed E-state index contributed by atoms with van der Waals surface area (Å²) in [5.41, 5.74) is 6.72. The molecule has 3 N–H and O–H groups in total. The summed E-state index contributed by atoms with van der Waals surface area (Å²) in [6.07, 6.45) is 2.61. The molecule has 20 heavy (non-hydrogen) atoms. The van der Waals surface area contributed by atoms with Crippen LogP contribution in [0.2, 0.25) is 0 Å². The second-order valence-electron chi connectivity index (χ2n) is 5.18. The van der Waals surface area contributed by atoms with Crippen molar-refractivity contribution in [1.29, 1.82) is 0 Å². The van der Waals surface area contributed by atoms with Gasteiger partial charge in [-0.1, -0.05) is 30.3 Å². The summed E-state index contributed by atoms with van der Waals surface area (Å²) in [5.74, 6) is -1.22. The topological polar surface area (TPSA) is 83.6 Å². The predicted octanol–water partition coefficient (Wildman–Crippen LogP) is 1.02. The lowest BCUT2D eigenvalue weighted by Gasteiger charge is -2.29. The van der Waals surface area contributed by atoms with Crippen LogP contribution in [-0.4, -0.2) is 40.5 Å². The molecule has 1 aliphatic rings. The molecule has 0 radical (unpaired) electrons. The van der Waals surface area contributed by atoms with Gasteiger partial charge in [0.05, 0.1) is 6.04 Å². The average molecular weight is 276 g/mol. The molecule has 0 aliphatic carbocycles. The van der Waals surface area contributed by atoms with Gasteiger partial charge in [0.15, 0.2) is 0 Å². The molecule has 5 nitrogen and oxygen atoms in total. The lowest BCUT2D eigenvalue weighted by atomic mass is 10.0. The minimum atomic E-state index is -0.976. The number of benzene rings is 1. The molecular formula is C15H20N2O3. The van der Waals surface area contributed by atoms with E-state index in [0.29, 0.717) is 19.4 Å². The Balaban J connectivity index is 2.19. The molecule has 1 aliphatic heterocycles. The summed E-state index contributed by atoms with van der Waals surface area (Å²) in [7, 11) is 0. The number of carbonyl (C=O) groups excluding carboxylic acids is 1. The van der Waals surface area contributed by atoms with E-state index < -0.39 is 18.1 Å². The van der Waals surface area contributed by atoms with Crippen molar-refractivity contribution in [3.05, 3.63) is 35.9 Å². The Kier molecular flexibility index (Phi) is 4.74. The van der Waals surface area contributed by atoms with Gasteiger partial charge in [-0.3, -0.25) is 4.79 Å². The first-order valence-electron chi connectivity index (χ1n) is 6.92. The molecule has 0 unspecified atom stereocenters. The number of hydrogen-bond donors (Lipinski definition) is 2. The van der Waals surface area contributed by atoms with Crippen molar-refractivity contribution < 1.29 is 14.7 Å². The molecule has 0 aromatic heterocycles. The van der Waals surface area contributed by atoms with Crippen LogP contribution in [0.5, 0.6) is 0 Å². The fourth-order valence-corrected chi connectivity index (χ4v) is 2.57. The monoisotopic (exact) mass is 276 g/mol. The molecule has 0 bridgehead atoms. The Morgan fingerprint density at radius 2 is 2.05 bits per heavy atom. The summed E-state index contributed by atoms with van der Waals surface area (Å²) in [6.45, 7) is 0.469. The highest BCUT2D eigenvalue weighted by atomic mass is 16.4. The molecular weight excluding hydrogens is 256 g/mol. The van der Waals surface area contributed by atoms with Crippen LogP contribution in [0.1, 0.15) is 24.8 Å². The van der Waals surface area contributed by atoms with Crippen LogP contribution in [-0.2, 0) is 16.0 Å². The van der Waals surface area contributed by atoms with Gasteiger partial charge in [0, 0.05) is 13.0 Å². The molecule has 0 saturated carbocycles. The van der Waals surface area contributed by atoms with Crippen molar-refractivity contribution >= 4 is 11.9 Å². The van der Waals surface area contributed by atoms with Crippen molar-refractivity contribution in [3.63, 3.8) is 0 Å². The maximum atomic E-state index is 12.2. The van der Waals surface area contributed by atoms with E-state index in [1.54, 1.807) is 0 Å². The van der Waals surface area contributed by atoms with Gasteiger partial charge in [-0.15, -0.1) is 0 Å². The first kappa shape index (κ1) is 14.5. The van der Waals surface area contributed by atoms with E-state index in [1.165, 1.54) is 4.90 Å². The quantitative estimate of drug-likeness (QED) is 0.860. The van der Waals surface area contributed by atoms with Crippen molar-refractivity contribution in [2.24, 2.45) is 5.73 Å². The van der Waals surface area contributed by atoms with Crippen LogP contribution in [0.4, 0.5) is 0 Å². The van der Waals surface area contributed by atoms with E-state index in [0.717, 1.165) is 18.4 Å². The van der Waals surface area contributed by atoms with Crippen LogP contribution in [0, 0.1) is 0 Å². The zero-order valence-corrected chi connectivity index (χ0v) is 11.4. The fourth-order valence-electron chi connectivity index (χ4n) is 2.57. The molecule has 1 aromatic carbocycles. The smallest absolute Gasteiger partial charge is 0.326 e. The van der Waals surface area contributed by atoms with E-state index in [-0.39, 0.29) is 5.91 Å². The molecule has 1 saturated heterocycles. The van der Waals surface area contributed by atoms with E-state index in [4.69, 9.17) is 5.73 Å². The van der Waals surface area contributed by atoms with Crippen LogP contribution in [0.25, 0.3) is 0 Å². The summed E-state index contributed by atoms with van der Waals surface area (Å²) >= 11 is 0. The summed E-state index contributed by atoms with van der Waals surface area (Å²) in [6, 6.07) is 7.95. The Morgan fingerprint density at radius 3 is 2.70 bits per heavy atom. The molecule has 108 valence electrons. The molecule has 1 heterocycles. The van der Waals surface area contributed by atoms with Gasteiger partial charge in [-0.25, -0.2) is 4.79 Å². The Hall–Kier alpha value is -1.88. The van der Waals surface area contributed by atoms with Crippen LogP contribution in [0.3, 0.4) is 0 Å². The number of nitrogens with two attached hydrogens (primary N) is 1. The third kappa shape index (κ3) is 3.36. The van der Waals surface area contributed by atoms with E-state index in [9.17, 15) is 14.7 Å². The normalized spacial score (nSPS) is 21.4. The van der Waals surface area contributed by atoms with Crippen LogP contribution >= 0.6 is 0 Å². The highest BCUT2D eigenvalue weighted by molar-refractivity contribution is 5.87. The lowest BCUT2D eigenvalue weighted by molar-refractivity contribution is -0.150. The molecule has 0 spiro atoms. The van der Waals surface area contributed by atoms with Gasteiger partial charge in [0.1, 0.15) is 6.04 Å². The third-order valence-electron chi connectivity index (χ3n) is 3.70. The number of hydrogen-bond acceptors (Lipinski definition) is 3. The van der Waals surface area contributed by atoms with Gasteiger partial charge in [0.2, 0.25) is 5.91 Å². The van der Waals surface area contributed by atoms with E-state index in [1.807, 2.05) is 30.3 Å². The van der Waals surface area contributed by atoms with Crippen LogP contribution in [0.15, 0.2) is 30.3 Å². The predicted molar refractivity (Wildman–Crippen MR) is 75.1 cm³/mol. The number of likely N-dealkylation sites (tertiary alicyclic amines) is 1. The number of carbonyl (C=O) groups is 2. The maximum absolute atomic E-state index is 12.2. The second kappa shape index (κ2) is 6.52. The fraction of sp³-hybridized carbons (Fsp3) is 0.467. The molecule has 1 fully saturated rings. The summed E-state index contributed by atoms with van der Waals surface area (Å²) < 4.78 is 0. The standard InChI is InChI=1S/C15H20N2O3/c16-12-8-4-5-9-17(14(12)18)13(15(19)20)10-11-6-2-1-3-7-11/h1-3,6-7,12-13H,4-5,8-10,16H2,(H,19,20)/t12-,13-/m0/s1. The molecule has 1 amide bonds. The van der Waals surface area contributed by atoms with Crippen molar-refractivity contribution in [2.75, 3.05) is 6.54 Å². The van der Waals surface area contributed by atoms with Gasteiger partial charge < -0.3 is 15.7 Å². The summed E-state index contributed by atoms with van der Waals surface area (Å²) in [5, 5.41) is 9.45. The number of amides is 1. The maximum Gasteiger partial charge on any atom is 0.326 e. The zero-order chi connectivity index (χ0) is 14.5. The minimum Gasteiger partial charge on any atom is -0.480 e. The minimum absolute atomic E-state index is 0.245. The number of aliphatic carboxylic acids is 1. The first-order valence-corrected chi connectivity index (χ1v) is 6.92. The van der Waals surface area contributed by atoms with Crippen molar-refractivity contribution in [2.45, 2.75) is 37.8 Å². The van der Waals surface area contributed by atoms with Crippen LogP contribution < -0.4 is 5.73 Å². The number of rotatable bonds is 4. The van der Waals surface area contributed by atoms with Gasteiger partial charge in [0.25, 0.3) is 0 Å². The van der Waals surface area contributed by atoms with Crippen molar-refractivity contribution in [3.8, 4) is 0 Å². The van der Waals surface area contributed by atoms with Gasteiger partial charge in [-0.05, 0) is 24.8 Å². The molecule has 1 aromatic rings. The molecule has 2 atom stereocenters. The lowest BCUT2D eigenvalue weighted by Crippen LogP contribution is -2.51. The Bertz CT molecular complexity index is 475. The zero-order valence-electron chi connectivity index (χ0n) is 11.4. The first-order chi connectivity index (χ1) is 9.59. The third-order valence-corrected chi connectivity index (χ3v) is 3.70. The van der Waals surface area contributed by atoms with E-state index >= 15 is 0 Å². The Morgan fingerprint density at radius 1 is 1.35 bits per heavy atom. The highest BCUT2D eigenvalue weighted by Gasteiger charge is 2.33. The second-order valence-corrected chi connectivity index (χ2v) is 5.18. The average Bonchev–Trinajstić information content (AvgIpc) is 2.60. The van der Waals surface area contributed by atoms with Gasteiger partial charge >= 0.3 is 5.97 Å². The Labute approximate surface area is 118 Å². The molecule has 2 rings (SSSR count). The van der Waals surface area contributed by atoms with E-state index in [2.05, 4.69) is 0 Å². The summed E-state index contributed by atoms with van der Waals surface area (Å²) in [4.78, 5) is 25.2. The number of carboxylic acid groups (broad SMARTS) is 1.